The van der Waals surface area contributed by atoms with Gasteiger partial charge in [-0.2, -0.15) is 0 Å². The molecule has 1 heterocycles. The Labute approximate surface area is 57.5 Å². The minimum atomic E-state index is -0.253. The molecule has 0 spiro atoms. The normalized spacial score (nSPS) is 18.5. The number of hydrogen-bond acceptors (Lipinski definition) is 2. The first-order valence-corrected chi connectivity index (χ1v) is 2.92. The molecule has 0 atom stereocenters. The molecule has 2 amide bonds. The number of nitrogens with zero attached hydrogens (tertiary/aromatic N) is 1. The molecule has 0 aromatic carbocycles. The molecular weight excluding hydrogens is 289 g/mol. The van der Waals surface area contributed by atoms with E-state index >= 15 is 0 Å². The predicted molar refractivity (Wildman–Crippen MR) is 21.0 cm³/mol. The van der Waals surface area contributed by atoms with Gasteiger partial charge >= 0.3 is 57.1 Å². The average Bonchev–Trinajstić information content (AvgIpc) is 1.98. The van der Waals surface area contributed by atoms with E-state index in [0.29, 0.717) is 0 Å². The van der Waals surface area contributed by atoms with Gasteiger partial charge in [-0.1, -0.05) is 0 Å². The Bertz CT molecular complexity index is 157. The Balaban J connectivity index is 2.84. The molecule has 0 aromatic heterocycles. The third-order valence-electron chi connectivity index (χ3n) is 0.728. The van der Waals surface area contributed by atoms with Crippen molar-refractivity contribution in [3.63, 3.8) is 0 Å². The molecule has 45 valence electrons. The van der Waals surface area contributed by atoms with Crippen LogP contribution in [0.5, 0.6) is 0 Å². The SMILES string of the molecule is O=C1C=CC(=O)[N]1[Pt]. The fraction of sp³-hybridized carbons (Fsp3) is 0. The summed E-state index contributed by atoms with van der Waals surface area (Å²) in [7, 11) is 0. The van der Waals surface area contributed by atoms with Crippen molar-refractivity contribution in [3.8, 4) is 0 Å². The Morgan fingerprint density at radius 1 is 1.25 bits per heavy atom. The van der Waals surface area contributed by atoms with E-state index in [9.17, 15) is 9.59 Å². The topological polar surface area (TPSA) is 37.4 Å². The van der Waals surface area contributed by atoms with Crippen molar-refractivity contribution < 1.29 is 29.7 Å². The fourth-order valence-electron chi connectivity index (χ4n) is 0.373. The van der Waals surface area contributed by atoms with E-state index in [4.69, 9.17) is 0 Å². The van der Waals surface area contributed by atoms with E-state index in [1.54, 1.807) is 20.1 Å². The zero-order valence-corrected chi connectivity index (χ0v) is 6.01. The third kappa shape index (κ3) is 0.736. The third-order valence-corrected chi connectivity index (χ3v) is 1.73. The van der Waals surface area contributed by atoms with Crippen molar-refractivity contribution in [3.05, 3.63) is 12.2 Å². The molecule has 0 saturated heterocycles. The molecule has 0 aromatic rings. The maximum absolute atomic E-state index is 10.4. The van der Waals surface area contributed by atoms with E-state index in [-0.39, 0.29) is 11.8 Å². The minimum absolute atomic E-state index is 0.253. The van der Waals surface area contributed by atoms with Crippen LogP contribution in [0.3, 0.4) is 0 Å². The molecule has 0 aliphatic carbocycles. The van der Waals surface area contributed by atoms with Gasteiger partial charge < -0.3 is 0 Å². The van der Waals surface area contributed by atoms with Crippen molar-refractivity contribution in [2.24, 2.45) is 0 Å². The summed E-state index contributed by atoms with van der Waals surface area (Å²) in [5, 5.41) is 0. The molecule has 0 saturated carbocycles. The number of carbonyl (C=O) groups is 2. The number of carbonyl (C=O) groups excluding carboxylic acids is 2. The molecule has 0 unspecified atom stereocenters. The van der Waals surface area contributed by atoms with Crippen molar-refractivity contribution in [1.29, 1.82) is 0 Å². The summed E-state index contributed by atoms with van der Waals surface area (Å²) in [6, 6.07) is 0. The molecular formula is C4H2NO2Pt. The van der Waals surface area contributed by atoms with Gasteiger partial charge in [0.15, 0.2) is 0 Å². The van der Waals surface area contributed by atoms with Crippen LogP contribution in [0.2, 0.25) is 0 Å². The number of rotatable bonds is 0. The van der Waals surface area contributed by atoms with Crippen LogP contribution in [0, 0.1) is 0 Å². The first-order chi connectivity index (χ1) is 3.72. The molecule has 4 heteroatoms. The summed E-state index contributed by atoms with van der Waals surface area (Å²) in [6.07, 6.45) is 2.49. The fourth-order valence-corrected chi connectivity index (χ4v) is 0.712. The summed E-state index contributed by atoms with van der Waals surface area (Å²) in [5.41, 5.74) is 0. The van der Waals surface area contributed by atoms with Crippen molar-refractivity contribution in [1.82, 2.24) is 3.46 Å². The summed E-state index contributed by atoms with van der Waals surface area (Å²) >= 11 is 1.64. The molecule has 1 aliphatic rings. The number of hydrogen-bond donors (Lipinski definition) is 0. The van der Waals surface area contributed by atoms with E-state index in [2.05, 4.69) is 0 Å². The summed E-state index contributed by atoms with van der Waals surface area (Å²) < 4.78 is 1.03. The van der Waals surface area contributed by atoms with Gasteiger partial charge in [0.1, 0.15) is 0 Å². The molecule has 0 N–H and O–H groups in total. The van der Waals surface area contributed by atoms with Crippen molar-refractivity contribution in [2.45, 2.75) is 0 Å². The van der Waals surface area contributed by atoms with Gasteiger partial charge in [-0.25, -0.2) is 0 Å². The summed E-state index contributed by atoms with van der Waals surface area (Å²) in [4.78, 5) is 20.8. The number of amides is 2. The van der Waals surface area contributed by atoms with Crippen molar-refractivity contribution >= 4 is 11.8 Å². The van der Waals surface area contributed by atoms with Gasteiger partial charge in [-0.05, 0) is 0 Å². The first-order valence-electron chi connectivity index (χ1n) is 1.91. The molecule has 0 fully saturated rings. The maximum atomic E-state index is 10.4. The summed E-state index contributed by atoms with van der Waals surface area (Å²) in [6.45, 7) is 0. The van der Waals surface area contributed by atoms with Crippen LogP contribution in [-0.4, -0.2) is 15.3 Å². The zero-order valence-electron chi connectivity index (χ0n) is 3.73. The zero-order chi connectivity index (χ0) is 6.15. The van der Waals surface area contributed by atoms with Crippen LogP contribution in [0.1, 0.15) is 0 Å². The Kier molecular flexibility index (Phi) is 1.30. The van der Waals surface area contributed by atoms with Crippen LogP contribution in [0.4, 0.5) is 0 Å². The molecule has 3 nitrogen and oxygen atoms in total. The molecule has 1 aliphatic heterocycles. The Morgan fingerprint density at radius 3 is 1.75 bits per heavy atom. The molecule has 0 radical (unpaired) electrons. The van der Waals surface area contributed by atoms with Crippen LogP contribution >= 0.6 is 0 Å². The van der Waals surface area contributed by atoms with Crippen LogP contribution in [-0.2, 0) is 29.7 Å². The van der Waals surface area contributed by atoms with Crippen LogP contribution in [0.15, 0.2) is 12.2 Å². The van der Waals surface area contributed by atoms with E-state index in [0.717, 1.165) is 3.46 Å². The second-order valence-electron chi connectivity index (χ2n) is 1.26. The molecule has 1 rings (SSSR count). The van der Waals surface area contributed by atoms with Gasteiger partial charge in [0.25, 0.3) is 0 Å². The monoisotopic (exact) mass is 291 g/mol. The van der Waals surface area contributed by atoms with Gasteiger partial charge in [-0.15, -0.1) is 0 Å². The quantitative estimate of drug-likeness (QED) is 0.558. The predicted octanol–water partition coefficient (Wildman–Crippen LogP) is -0.627. The van der Waals surface area contributed by atoms with Gasteiger partial charge in [-0.3, -0.25) is 0 Å². The molecule has 8 heavy (non-hydrogen) atoms. The van der Waals surface area contributed by atoms with Crippen molar-refractivity contribution in [2.75, 3.05) is 0 Å². The second kappa shape index (κ2) is 1.82. The van der Waals surface area contributed by atoms with Crippen LogP contribution in [0.25, 0.3) is 0 Å². The van der Waals surface area contributed by atoms with Gasteiger partial charge in [0.05, 0.1) is 0 Å². The molecule has 0 bridgehead atoms. The average molecular weight is 291 g/mol. The van der Waals surface area contributed by atoms with E-state index < -0.39 is 0 Å². The van der Waals surface area contributed by atoms with Gasteiger partial charge in [0, 0.05) is 0 Å². The van der Waals surface area contributed by atoms with Crippen LogP contribution < -0.4 is 0 Å². The first kappa shape index (κ1) is 5.70. The Hall–Kier alpha value is -0.432. The summed E-state index contributed by atoms with van der Waals surface area (Å²) in [5.74, 6) is -0.506. The van der Waals surface area contributed by atoms with E-state index in [1.165, 1.54) is 12.2 Å². The number of imide groups is 1. The Morgan fingerprint density at radius 2 is 1.62 bits per heavy atom. The van der Waals surface area contributed by atoms with E-state index in [1.807, 2.05) is 0 Å². The second-order valence-corrected chi connectivity index (χ2v) is 2.28. The standard InChI is InChI=1S/C4H3NO2.Pt/c6-3-1-2-4(7)5-3;/h1-2H,(H,5,6,7);/q;+1/p-1. The van der Waals surface area contributed by atoms with Gasteiger partial charge in [0.2, 0.25) is 0 Å².